The van der Waals surface area contributed by atoms with E-state index >= 15 is 0 Å². The minimum Gasteiger partial charge on any atom is -0.354 e. The predicted octanol–water partition coefficient (Wildman–Crippen LogP) is 2.54. The van der Waals surface area contributed by atoms with Crippen LogP contribution < -0.4 is 0 Å². The topological polar surface area (TPSA) is 25.2 Å². The fourth-order valence-corrected chi connectivity index (χ4v) is 2.86. The standard InChI is InChI=1S/C17H20N2O/c1-18-11-4-7-16(18)8-9-17(20)19-12-10-14-5-2-3-6-15(14)13-19/h2-7,11H,8-10,12-13H2,1H3. The molecule has 3 rings (SSSR count). The number of amides is 1. The zero-order chi connectivity index (χ0) is 13.9. The van der Waals surface area contributed by atoms with Crippen LogP contribution in [0.25, 0.3) is 0 Å². The molecule has 3 nitrogen and oxygen atoms in total. The summed E-state index contributed by atoms with van der Waals surface area (Å²) in [6.07, 6.45) is 4.42. The van der Waals surface area contributed by atoms with E-state index in [0.717, 1.165) is 25.9 Å². The molecule has 0 saturated heterocycles. The van der Waals surface area contributed by atoms with E-state index in [1.54, 1.807) is 0 Å². The van der Waals surface area contributed by atoms with Gasteiger partial charge >= 0.3 is 0 Å². The smallest absolute Gasteiger partial charge is 0.223 e. The van der Waals surface area contributed by atoms with Crippen molar-refractivity contribution in [2.24, 2.45) is 7.05 Å². The van der Waals surface area contributed by atoms with Gasteiger partial charge in [-0.2, -0.15) is 0 Å². The van der Waals surface area contributed by atoms with E-state index in [1.165, 1.54) is 16.8 Å². The molecule has 0 N–H and O–H groups in total. The maximum absolute atomic E-state index is 12.3. The summed E-state index contributed by atoms with van der Waals surface area (Å²) < 4.78 is 2.08. The molecule has 104 valence electrons. The Morgan fingerprint density at radius 3 is 2.70 bits per heavy atom. The quantitative estimate of drug-likeness (QED) is 0.840. The van der Waals surface area contributed by atoms with Gasteiger partial charge in [-0.1, -0.05) is 24.3 Å². The second-order valence-electron chi connectivity index (χ2n) is 5.44. The Kier molecular flexibility index (Phi) is 3.59. The van der Waals surface area contributed by atoms with Gasteiger partial charge in [0.05, 0.1) is 0 Å². The van der Waals surface area contributed by atoms with Crippen molar-refractivity contribution in [3.05, 3.63) is 59.4 Å². The van der Waals surface area contributed by atoms with Crippen molar-refractivity contribution in [1.29, 1.82) is 0 Å². The third kappa shape index (κ3) is 2.62. The van der Waals surface area contributed by atoms with Gasteiger partial charge in [-0.25, -0.2) is 0 Å². The number of carbonyl (C=O) groups is 1. The van der Waals surface area contributed by atoms with E-state index in [0.29, 0.717) is 6.42 Å². The van der Waals surface area contributed by atoms with Gasteiger partial charge in [0.1, 0.15) is 0 Å². The Morgan fingerprint density at radius 2 is 1.95 bits per heavy atom. The summed E-state index contributed by atoms with van der Waals surface area (Å²) in [5.74, 6) is 0.265. The lowest BCUT2D eigenvalue weighted by molar-refractivity contribution is -0.132. The van der Waals surface area contributed by atoms with Crippen molar-refractivity contribution in [3.63, 3.8) is 0 Å². The first-order valence-electron chi connectivity index (χ1n) is 7.19. The molecule has 3 heteroatoms. The molecule has 1 aliphatic heterocycles. The highest BCUT2D eigenvalue weighted by atomic mass is 16.2. The summed E-state index contributed by atoms with van der Waals surface area (Å²) in [4.78, 5) is 14.3. The lowest BCUT2D eigenvalue weighted by atomic mass is 9.99. The van der Waals surface area contributed by atoms with Crippen LogP contribution in [0.4, 0.5) is 0 Å². The first kappa shape index (κ1) is 13.0. The molecule has 20 heavy (non-hydrogen) atoms. The number of aromatic nitrogens is 1. The van der Waals surface area contributed by atoms with E-state index in [1.807, 2.05) is 24.2 Å². The van der Waals surface area contributed by atoms with Gasteiger partial charge in [-0.05, 0) is 36.1 Å². The van der Waals surface area contributed by atoms with Crippen molar-refractivity contribution in [2.75, 3.05) is 6.54 Å². The normalized spacial score (nSPS) is 14.2. The van der Waals surface area contributed by atoms with Crippen LogP contribution in [0.15, 0.2) is 42.6 Å². The molecule has 1 aromatic carbocycles. The van der Waals surface area contributed by atoms with Crippen LogP contribution in [0.1, 0.15) is 23.2 Å². The predicted molar refractivity (Wildman–Crippen MR) is 79.3 cm³/mol. The lowest BCUT2D eigenvalue weighted by Gasteiger charge is -2.29. The molecule has 2 aromatic rings. The van der Waals surface area contributed by atoms with Crippen molar-refractivity contribution in [3.8, 4) is 0 Å². The van der Waals surface area contributed by atoms with E-state index < -0.39 is 0 Å². The molecular formula is C17H20N2O. The van der Waals surface area contributed by atoms with Crippen LogP contribution in [-0.4, -0.2) is 21.9 Å². The highest BCUT2D eigenvalue weighted by Gasteiger charge is 2.20. The number of carbonyl (C=O) groups excluding carboxylic acids is 1. The first-order chi connectivity index (χ1) is 9.74. The fourth-order valence-electron chi connectivity index (χ4n) is 2.86. The van der Waals surface area contributed by atoms with Crippen molar-refractivity contribution in [1.82, 2.24) is 9.47 Å². The fraction of sp³-hybridized carbons (Fsp3) is 0.353. The molecule has 0 fully saturated rings. The SMILES string of the molecule is Cn1cccc1CCC(=O)N1CCc2ccccc2C1. The zero-order valence-electron chi connectivity index (χ0n) is 11.9. The van der Waals surface area contributed by atoms with E-state index in [4.69, 9.17) is 0 Å². The number of rotatable bonds is 3. The number of hydrogen-bond donors (Lipinski definition) is 0. The minimum absolute atomic E-state index is 0.265. The van der Waals surface area contributed by atoms with E-state index in [-0.39, 0.29) is 5.91 Å². The number of fused-ring (bicyclic) bond motifs is 1. The van der Waals surface area contributed by atoms with Gasteiger partial charge in [0, 0.05) is 38.4 Å². The molecule has 2 heterocycles. The molecular weight excluding hydrogens is 248 g/mol. The van der Waals surface area contributed by atoms with Gasteiger partial charge in [-0.3, -0.25) is 4.79 Å². The Balaban J connectivity index is 1.60. The summed E-state index contributed by atoms with van der Waals surface area (Å²) in [6, 6.07) is 12.5. The molecule has 0 unspecified atom stereocenters. The number of benzene rings is 1. The number of nitrogens with zero attached hydrogens (tertiary/aromatic N) is 2. The van der Waals surface area contributed by atoms with Gasteiger partial charge in [0.2, 0.25) is 5.91 Å². The van der Waals surface area contributed by atoms with Crippen molar-refractivity contribution in [2.45, 2.75) is 25.8 Å². The highest BCUT2D eigenvalue weighted by Crippen LogP contribution is 2.19. The maximum Gasteiger partial charge on any atom is 0.223 e. The molecule has 0 radical (unpaired) electrons. The van der Waals surface area contributed by atoms with Gasteiger partial charge < -0.3 is 9.47 Å². The lowest BCUT2D eigenvalue weighted by Crippen LogP contribution is -2.36. The van der Waals surface area contributed by atoms with Gasteiger partial charge in [0.15, 0.2) is 0 Å². The summed E-state index contributed by atoms with van der Waals surface area (Å²) in [5, 5.41) is 0. The van der Waals surface area contributed by atoms with Crippen LogP contribution >= 0.6 is 0 Å². The van der Waals surface area contributed by atoms with Crippen molar-refractivity contribution >= 4 is 5.91 Å². The van der Waals surface area contributed by atoms with E-state index in [2.05, 4.69) is 34.9 Å². The second-order valence-corrected chi connectivity index (χ2v) is 5.44. The van der Waals surface area contributed by atoms with E-state index in [9.17, 15) is 4.79 Å². The minimum atomic E-state index is 0.265. The molecule has 0 aliphatic carbocycles. The van der Waals surface area contributed by atoms with Crippen LogP contribution in [0.2, 0.25) is 0 Å². The largest absolute Gasteiger partial charge is 0.354 e. The highest BCUT2D eigenvalue weighted by molar-refractivity contribution is 5.76. The molecule has 1 amide bonds. The second kappa shape index (κ2) is 5.53. The average molecular weight is 268 g/mol. The van der Waals surface area contributed by atoms with Crippen LogP contribution in [-0.2, 0) is 31.2 Å². The summed E-state index contributed by atoms with van der Waals surface area (Å²) in [6.45, 7) is 1.62. The van der Waals surface area contributed by atoms with Gasteiger partial charge in [0.25, 0.3) is 0 Å². The number of hydrogen-bond acceptors (Lipinski definition) is 1. The Bertz CT molecular complexity index is 615. The van der Waals surface area contributed by atoms with Gasteiger partial charge in [-0.15, -0.1) is 0 Å². The van der Waals surface area contributed by atoms with Crippen LogP contribution in [0.5, 0.6) is 0 Å². The Morgan fingerprint density at radius 1 is 1.15 bits per heavy atom. The molecule has 0 atom stereocenters. The molecule has 1 aliphatic rings. The average Bonchev–Trinajstić information content (AvgIpc) is 2.89. The maximum atomic E-state index is 12.3. The summed E-state index contributed by atoms with van der Waals surface area (Å²) >= 11 is 0. The first-order valence-corrected chi connectivity index (χ1v) is 7.19. The zero-order valence-corrected chi connectivity index (χ0v) is 11.9. The Labute approximate surface area is 119 Å². The Hall–Kier alpha value is -2.03. The monoisotopic (exact) mass is 268 g/mol. The molecule has 0 bridgehead atoms. The number of aryl methyl sites for hydroxylation is 2. The summed E-state index contributed by atoms with van der Waals surface area (Å²) in [5.41, 5.74) is 3.90. The third-order valence-electron chi connectivity index (χ3n) is 4.13. The molecule has 0 saturated carbocycles. The molecule has 0 spiro atoms. The van der Waals surface area contributed by atoms with Crippen LogP contribution in [0, 0.1) is 0 Å². The molecule has 1 aromatic heterocycles. The third-order valence-corrected chi connectivity index (χ3v) is 4.13. The van der Waals surface area contributed by atoms with Crippen LogP contribution in [0.3, 0.4) is 0 Å². The van der Waals surface area contributed by atoms with Crippen molar-refractivity contribution < 1.29 is 4.79 Å². The summed E-state index contributed by atoms with van der Waals surface area (Å²) in [7, 11) is 2.02.